The van der Waals surface area contributed by atoms with Gasteiger partial charge in [0.25, 0.3) is 0 Å². The van der Waals surface area contributed by atoms with E-state index in [2.05, 4.69) is 21.0 Å². The number of hydrogen-bond donors (Lipinski definition) is 1. The van der Waals surface area contributed by atoms with Gasteiger partial charge >= 0.3 is 0 Å². The van der Waals surface area contributed by atoms with Crippen molar-refractivity contribution >= 4 is 26.8 Å². The van der Waals surface area contributed by atoms with E-state index in [1.165, 1.54) is 0 Å². The number of rotatable bonds is 2. The molecule has 0 spiro atoms. The molecule has 1 N–H and O–H groups in total. The van der Waals surface area contributed by atoms with E-state index in [9.17, 15) is 5.11 Å². The molecule has 0 saturated carbocycles. The summed E-state index contributed by atoms with van der Waals surface area (Å²) in [7, 11) is 0. The van der Waals surface area contributed by atoms with Crippen molar-refractivity contribution in [3.63, 3.8) is 0 Å². The molecule has 2 aromatic carbocycles. The van der Waals surface area contributed by atoms with Crippen molar-refractivity contribution in [1.82, 2.24) is 9.78 Å². The lowest BCUT2D eigenvalue weighted by Gasteiger charge is -2.10. The molecule has 19 heavy (non-hydrogen) atoms. The van der Waals surface area contributed by atoms with E-state index in [4.69, 9.17) is 0 Å². The third-order valence-corrected chi connectivity index (χ3v) is 3.79. The summed E-state index contributed by atoms with van der Waals surface area (Å²) in [6.07, 6.45) is 1.38. The number of benzene rings is 2. The SMILES string of the molecule is CC(O)c1ccc(-n2ncc3ccccc32)c(Br)c1. The van der Waals surface area contributed by atoms with Crippen LogP contribution < -0.4 is 0 Å². The first kappa shape index (κ1) is 12.4. The molecule has 4 heteroatoms. The van der Waals surface area contributed by atoms with Crippen molar-refractivity contribution in [2.45, 2.75) is 13.0 Å². The normalized spacial score (nSPS) is 12.8. The van der Waals surface area contributed by atoms with Crippen LogP contribution in [0.25, 0.3) is 16.6 Å². The summed E-state index contributed by atoms with van der Waals surface area (Å²) < 4.78 is 2.81. The van der Waals surface area contributed by atoms with Crippen LogP contribution in [0.1, 0.15) is 18.6 Å². The van der Waals surface area contributed by atoms with E-state index in [-0.39, 0.29) is 0 Å². The van der Waals surface area contributed by atoms with Gasteiger partial charge in [0.1, 0.15) is 0 Å². The first-order valence-electron chi connectivity index (χ1n) is 6.07. The van der Waals surface area contributed by atoms with Gasteiger partial charge in [-0.1, -0.05) is 24.3 Å². The van der Waals surface area contributed by atoms with Gasteiger partial charge in [0, 0.05) is 9.86 Å². The number of hydrogen-bond acceptors (Lipinski definition) is 2. The molecule has 1 heterocycles. The Morgan fingerprint density at radius 3 is 2.74 bits per heavy atom. The summed E-state index contributed by atoms with van der Waals surface area (Å²) >= 11 is 3.55. The van der Waals surface area contributed by atoms with Gasteiger partial charge in [-0.2, -0.15) is 5.10 Å². The maximum Gasteiger partial charge on any atom is 0.0795 e. The third-order valence-electron chi connectivity index (χ3n) is 3.16. The highest BCUT2D eigenvalue weighted by atomic mass is 79.9. The average Bonchev–Trinajstić information content (AvgIpc) is 2.82. The van der Waals surface area contributed by atoms with E-state index in [1.54, 1.807) is 6.92 Å². The molecule has 0 radical (unpaired) electrons. The summed E-state index contributed by atoms with van der Waals surface area (Å²) in [5.41, 5.74) is 2.91. The summed E-state index contributed by atoms with van der Waals surface area (Å²) in [4.78, 5) is 0. The zero-order valence-corrected chi connectivity index (χ0v) is 12.0. The summed E-state index contributed by atoms with van der Waals surface area (Å²) in [5.74, 6) is 0. The lowest BCUT2D eigenvalue weighted by Crippen LogP contribution is -1.99. The topological polar surface area (TPSA) is 38.0 Å². The van der Waals surface area contributed by atoms with Crippen molar-refractivity contribution in [2.75, 3.05) is 0 Å². The number of nitrogens with zero attached hydrogens (tertiary/aromatic N) is 2. The van der Waals surface area contributed by atoms with Crippen LogP contribution in [0.3, 0.4) is 0 Å². The average molecular weight is 317 g/mol. The predicted octanol–water partition coefficient (Wildman–Crippen LogP) is 3.84. The number of aliphatic hydroxyl groups is 1. The van der Waals surface area contributed by atoms with E-state index in [0.717, 1.165) is 26.6 Å². The quantitative estimate of drug-likeness (QED) is 0.780. The van der Waals surface area contributed by atoms with Gasteiger partial charge in [0.2, 0.25) is 0 Å². The van der Waals surface area contributed by atoms with Crippen LogP contribution in [0.4, 0.5) is 0 Å². The lowest BCUT2D eigenvalue weighted by molar-refractivity contribution is 0.199. The zero-order chi connectivity index (χ0) is 13.4. The summed E-state index contributed by atoms with van der Waals surface area (Å²) in [6.45, 7) is 1.75. The highest BCUT2D eigenvalue weighted by Gasteiger charge is 2.10. The highest BCUT2D eigenvalue weighted by Crippen LogP contribution is 2.27. The van der Waals surface area contributed by atoms with Gasteiger partial charge in [-0.25, -0.2) is 4.68 Å². The fraction of sp³-hybridized carbons (Fsp3) is 0.133. The molecule has 0 saturated heterocycles. The Morgan fingerprint density at radius 2 is 2.00 bits per heavy atom. The Kier molecular flexibility index (Phi) is 3.12. The van der Waals surface area contributed by atoms with Crippen LogP contribution in [0.5, 0.6) is 0 Å². The molecule has 0 aliphatic rings. The number of fused-ring (bicyclic) bond motifs is 1. The van der Waals surface area contributed by atoms with E-state index in [1.807, 2.05) is 53.3 Å². The van der Waals surface area contributed by atoms with Crippen LogP contribution >= 0.6 is 15.9 Å². The second-order valence-corrected chi connectivity index (χ2v) is 5.36. The van der Waals surface area contributed by atoms with Crippen molar-refractivity contribution in [3.05, 3.63) is 58.7 Å². The summed E-state index contributed by atoms with van der Waals surface area (Å²) in [6, 6.07) is 13.9. The summed E-state index contributed by atoms with van der Waals surface area (Å²) in [5, 5.41) is 15.1. The molecular weight excluding hydrogens is 304 g/mol. The number of para-hydroxylation sites is 1. The minimum Gasteiger partial charge on any atom is -0.389 e. The second-order valence-electron chi connectivity index (χ2n) is 4.50. The van der Waals surface area contributed by atoms with Crippen LogP contribution in [-0.2, 0) is 0 Å². The maximum atomic E-state index is 9.60. The first-order chi connectivity index (χ1) is 9.16. The minimum atomic E-state index is -0.472. The molecule has 0 amide bonds. The highest BCUT2D eigenvalue weighted by molar-refractivity contribution is 9.10. The van der Waals surface area contributed by atoms with Crippen LogP contribution in [-0.4, -0.2) is 14.9 Å². The lowest BCUT2D eigenvalue weighted by atomic mass is 10.1. The number of aliphatic hydroxyl groups excluding tert-OH is 1. The Morgan fingerprint density at radius 1 is 1.21 bits per heavy atom. The van der Waals surface area contributed by atoms with Gasteiger partial charge < -0.3 is 5.11 Å². The minimum absolute atomic E-state index is 0.472. The van der Waals surface area contributed by atoms with Gasteiger partial charge in [0.15, 0.2) is 0 Å². The molecule has 1 unspecified atom stereocenters. The molecule has 0 aliphatic carbocycles. The molecule has 1 atom stereocenters. The third kappa shape index (κ3) is 2.17. The standard InChI is InChI=1S/C15H13BrN2O/c1-10(19)11-6-7-15(13(16)8-11)18-14-5-3-2-4-12(14)9-17-18/h2-10,19H,1H3. The fourth-order valence-electron chi connectivity index (χ4n) is 2.12. The number of aromatic nitrogens is 2. The molecule has 3 nitrogen and oxygen atoms in total. The Labute approximate surface area is 119 Å². The molecule has 0 fully saturated rings. The zero-order valence-electron chi connectivity index (χ0n) is 10.4. The van der Waals surface area contributed by atoms with E-state index >= 15 is 0 Å². The van der Waals surface area contributed by atoms with E-state index < -0.39 is 6.10 Å². The van der Waals surface area contributed by atoms with Crippen LogP contribution in [0.15, 0.2) is 53.1 Å². The van der Waals surface area contributed by atoms with Crippen molar-refractivity contribution in [1.29, 1.82) is 0 Å². The predicted molar refractivity (Wildman–Crippen MR) is 79.4 cm³/mol. The van der Waals surface area contributed by atoms with Crippen molar-refractivity contribution in [3.8, 4) is 5.69 Å². The molecule has 3 rings (SSSR count). The fourth-order valence-corrected chi connectivity index (χ4v) is 2.68. The Bertz CT molecular complexity index is 734. The number of halogens is 1. The van der Waals surface area contributed by atoms with Gasteiger partial charge in [-0.15, -0.1) is 0 Å². The molecule has 0 aliphatic heterocycles. The Balaban J connectivity index is 2.17. The van der Waals surface area contributed by atoms with Crippen LogP contribution in [0, 0.1) is 0 Å². The smallest absolute Gasteiger partial charge is 0.0795 e. The van der Waals surface area contributed by atoms with Gasteiger partial charge in [-0.05, 0) is 46.6 Å². The monoisotopic (exact) mass is 316 g/mol. The maximum absolute atomic E-state index is 9.60. The van der Waals surface area contributed by atoms with Gasteiger partial charge in [0.05, 0.1) is 23.5 Å². The molecular formula is C15H13BrN2O. The van der Waals surface area contributed by atoms with E-state index in [0.29, 0.717) is 0 Å². The van der Waals surface area contributed by atoms with Crippen molar-refractivity contribution in [2.24, 2.45) is 0 Å². The van der Waals surface area contributed by atoms with Crippen LogP contribution in [0.2, 0.25) is 0 Å². The molecule has 3 aromatic rings. The molecule has 96 valence electrons. The van der Waals surface area contributed by atoms with Gasteiger partial charge in [-0.3, -0.25) is 0 Å². The first-order valence-corrected chi connectivity index (χ1v) is 6.87. The second kappa shape index (κ2) is 4.79. The largest absolute Gasteiger partial charge is 0.389 e. The molecule has 0 bridgehead atoms. The molecule has 1 aromatic heterocycles. The Hall–Kier alpha value is -1.65. The van der Waals surface area contributed by atoms with Crippen molar-refractivity contribution < 1.29 is 5.11 Å².